The summed E-state index contributed by atoms with van der Waals surface area (Å²) in [5.74, 6) is 0.441. The maximum absolute atomic E-state index is 12.2. The van der Waals surface area contributed by atoms with E-state index < -0.39 is 44.0 Å². The molecule has 13 heteroatoms. The Morgan fingerprint density at radius 3 is 1.96 bits per heavy atom. The zero-order valence-corrected chi connectivity index (χ0v) is 16.0. The summed E-state index contributed by atoms with van der Waals surface area (Å²) in [5, 5.41) is 0. The Morgan fingerprint density at radius 2 is 1.52 bits per heavy atom. The second kappa shape index (κ2) is 6.56. The number of alkyl halides is 3. The number of esters is 1. The summed E-state index contributed by atoms with van der Waals surface area (Å²) in [5.41, 5.74) is -6.61. The van der Waals surface area contributed by atoms with Crippen LogP contribution < -0.4 is 4.13 Å². The van der Waals surface area contributed by atoms with Crippen molar-refractivity contribution in [3.8, 4) is 0 Å². The molecule has 4 bridgehead atoms. The van der Waals surface area contributed by atoms with Crippen molar-refractivity contribution in [1.82, 2.24) is 4.13 Å². The third-order valence-corrected chi connectivity index (χ3v) is 8.67. The molecule has 1 N–H and O–H groups in total. The van der Waals surface area contributed by atoms with Crippen LogP contribution in [0.15, 0.2) is 0 Å². The zero-order chi connectivity index (χ0) is 20.3. The van der Waals surface area contributed by atoms with Crippen LogP contribution in [0.2, 0.25) is 0 Å². The van der Waals surface area contributed by atoms with Gasteiger partial charge in [0.2, 0.25) is 0 Å². The highest BCUT2D eigenvalue weighted by atomic mass is 32.3. The maximum atomic E-state index is 12.2. The second-order valence-corrected chi connectivity index (χ2v) is 11.0. The molecule has 156 valence electrons. The molecule has 4 aliphatic rings. The quantitative estimate of drug-likeness (QED) is 0.628. The average Bonchev–Trinajstić information content (AvgIpc) is 2.48. The van der Waals surface area contributed by atoms with Gasteiger partial charge in [0.15, 0.2) is 6.61 Å². The SMILES string of the molecule is CC1(OC(=O)COS(=O)(=O)NS(=O)(=O)C(F)(F)F)C2CC3CC(C2)CC1C3. The molecule has 4 saturated carbocycles. The Morgan fingerprint density at radius 1 is 1.04 bits per heavy atom. The first-order chi connectivity index (χ1) is 12.2. The summed E-state index contributed by atoms with van der Waals surface area (Å²) in [7, 11) is -11.5. The summed E-state index contributed by atoms with van der Waals surface area (Å²) in [4.78, 5) is 12.0. The fourth-order valence-electron chi connectivity index (χ4n) is 4.89. The normalized spacial score (nSPS) is 36.0. The van der Waals surface area contributed by atoms with Crippen LogP contribution in [0.5, 0.6) is 0 Å². The molecule has 27 heavy (non-hydrogen) atoms. The van der Waals surface area contributed by atoms with E-state index >= 15 is 0 Å². The van der Waals surface area contributed by atoms with Gasteiger partial charge in [0.25, 0.3) is 0 Å². The summed E-state index contributed by atoms with van der Waals surface area (Å²) in [6.07, 6.45) is 4.85. The molecule has 4 rings (SSSR count). The number of carbonyl (C=O) groups is 1. The van der Waals surface area contributed by atoms with Crippen LogP contribution in [0.3, 0.4) is 0 Å². The van der Waals surface area contributed by atoms with Crippen molar-refractivity contribution in [2.75, 3.05) is 6.61 Å². The van der Waals surface area contributed by atoms with Crippen LogP contribution in [-0.4, -0.2) is 40.5 Å². The standard InChI is InChI=1S/C14H20F3NO7S2/c1-13(10-3-8-2-9(5-10)6-11(13)4-8)25-12(19)7-24-27(22,23)18-26(20,21)14(15,16)17/h8-11,18H,2-7H2,1H3. The van der Waals surface area contributed by atoms with Gasteiger partial charge in [0.1, 0.15) is 5.60 Å². The third-order valence-electron chi connectivity index (χ3n) is 5.94. The lowest BCUT2D eigenvalue weighted by atomic mass is 9.50. The fourth-order valence-corrected chi connectivity index (χ4v) is 6.79. The second-order valence-electron chi connectivity index (χ2n) is 7.71. The number of halogens is 3. The molecule has 0 amide bonds. The first kappa shape index (κ1) is 20.8. The Balaban J connectivity index is 1.58. The molecule has 4 fully saturated rings. The molecular formula is C14H20F3NO7S2. The molecule has 0 aliphatic heterocycles. The van der Waals surface area contributed by atoms with Gasteiger partial charge in [-0.25, -0.2) is 17.4 Å². The Labute approximate surface area is 155 Å². The predicted octanol–water partition coefficient (Wildman–Crippen LogP) is 1.44. The molecule has 0 heterocycles. The third kappa shape index (κ3) is 4.10. The number of sulfonamides is 1. The predicted molar refractivity (Wildman–Crippen MR) is 84.5 cm³/mol. The van der Waals surface area contributed by atoms with Gasteiger partial charge in [-0.2, -0.15) is 21.6 Å². The molecule has 0 atom stereocenters. The lowest BCUT2D eigenvalue weighted by molar-refractivity contribution is -0.204. The van der Waals surface area contributed by atoms with Crippen molar-refractivity contribution >= 4 is 26.3 Å². The number of hydrogen-bond acceptors (Lipinski definition) is 7. The van der Waals surface area contributed by atoms with Crippen LogP contribution in [0.1, 0.15) is 39.0 Å². The summed E-state index contributed by atoms with van der Waals surface area (Å²) in [6.45, 7) is 0.573. The van der Waals surface area contributed by atoms with Gasteiger partial charge in [-0.1, -0.05) is 4.13 Å². The van der Waals surface area contributed by atoms with Gasteiger partial charge in [0.05, 0.1) is 0 Å². The lowest BCUT2D eigenvalue weighted by Gasteiger charge is -2.59. The molecule has 0 saturated heterocycles. The van der Waals surface area contributed by atoms with E-state index in [0.29, 0.717) is 16.0 Å². The minimum Gasteiger partial charge on any atom is -0.457 e. The van der Waals surface area contributed by atoms with E-state index in [1.165, 1.54) is 6.42 Å². The molecule has 0 spiro atoms. The van der Waals surface area contributed by atoms with Gasteiger partial charge in [-0.3, -0.25) is 0 Å². The summed E-state index contributed by atoms with van der Waals surface area (Å²) >= 11 is 0. The topological polar surface area (TPSA) is 116 Å². The van der Waals surface area contributed by atoms with E-state index in [1.54, 1.807) is 6.92 Å². The summed E-state index contributed by atoms with van der Waals surface area (Å²) in [6, 6.07) is 0. The lowest BCUT2D eigenvalue weighted by Crippen LogP contribution is -2.58. The van der Waals surface area contributed by atoms with E-state index in [1.807, 2.05) is 0 Å². The first-order valence-corrected chi connectivity index (χ1v) is 11.3. The van der Waals surface area contributed by atoms with Gasteiger partial charge in [0, 0.05) is 0 Å². The molecule has 0 aromatic heterocycles. The Hall–Kier alpha value is -0.920. The van der Waals surface area contributed by atoms with E-state index in [-0.39, 0.29) is 11.8 Å². The first-order valence-electron chi connectivity index (χ1n) is 8.43. The zero-order valence-electron chi connectivity index (χ0n) is 14.4. The van der Waals surface area contributed by atoms with Crippen LogP contribution in [0, 0.1) is 23.7 Å². The highest BCUT2D eigenvalue weighted by molar-refractivity contribution is 8.03. The van der Waals surface area contributed by atoms with E-state index in [0.717, 1.165) is 25.7 Å². The molecule has 8 nitrogen and oxygen atoms in total. The largest absolute Gasteiger partial charge is 0.512 e. The molecule has 0 aromatic rings. The molecule has 0 aromatic carbocycles. The van der Waals surface area contributed by atoms with Crippen LogP contribution >= 0.6 is 0 Å². The fraction of sp³-hybridized carbons (Fsp3) is 0.929. The number of hydrogen-bond donors (Lipinski definition) is 1. The van der Waals surface area contributed by atoms with E-state index in [4.69, 9.17) is 4.74 Å². The monoisotopic (exact) mass is 435 g/mol. The number of nitrogens with one attached hydrogen (secondary N) is 1. The number of carbonyl (C=O) groups excluding carboxylic acids is 1. The van der Waals surface area contributed by atoms with E-state index in [2.05, 4.69) is 4.18 Å². The van der Waals surface area contributed by atoms with Crippen LogP contribution in [0.4, 0.5) is 13.2 Å². The highest BCUT2D eigenvalue weighted by Crippen LogP contribution is 2.59. The Bertz CT molecular complexity index is 794. The molecular weight excluding hydrogens is 415 g/mol. The minimum atomic E-state index is -6.17. The molecule has 4 aliphatic carbocycles. The smallest absolute Gasteiger partial charge is 0.457 e. The van der Waals surface area contributed by atoms with Gasteiger partial charge in [-0.15, -0.1) is 0 Å². The van der Waals surface area contributed by atoms with Crippen molar-refractivity contribution in [3.05, 3.63) is 0 Å². The summed E-state index contributed by atoms with van der Waals surface area (Å²) < 4.78 is 91.1. The van der Waals surface area contributed by atoms with Crippen molar-refractivity contribution in [3.63, 3.8) is 0 Å². The van der Waals surface area contributed by atoms with E-state index in [9.17, 15) is 34.8 Å². The van der Waals surface area contributed by atoms with Crippen molar-refractivity contribution < 1.29 is 43.7 Å². The van der Waals surface area contributed by atoms with Crippen LogP contribution in [0.25, 0.3) is 0 Å². The van der Waals surface area contributed by atoms with Gasteiger partial charge >= 0.3 is 31.8 Å². The molecule has 0 unspecified atom stereocenters. The van der Waals surface area contributed by atoms with Crippen molar-refractivity contribution in [2.24, 2.45) is 23.7 Å². The van der Waals surface area contributed by atoms with Gasteiger partial charge in [-0.05, 0) is 62.7 Å². The molecule has 0 radical (unpaired) electrons. The number of ether oxygens (including phenoxy) is 1. The maximum Gasteiger partial charge on any atom is 0.512 e. The number of rotatable bonds is 6. The van der Waals surface area contributed by atoms with Crippen molar-refractivity contribution in [1.29, 1.82) is 0 Å². The van der Waals surface area contributed by atoms with Crippen LogP contribution in [-0.2, 0) is 34.0 Å². The Kier molecular flexibility index (Phi) is 5.06. The van der Waals surface area contributed by atoms with Gasteiger partial charge < -0.3 is 4.74 Å². The average molecular weight is 435 g/mol. The minimum absolute atomic E-state index is 0.151. The van der Waals surface area contributed by atoms with Crippen molar-refractivity contribution in [2.45, 2.75) is 50.1 Å². The highest BCUT2D eigenvalue weighted by Gasteiger charge is 2.57.